The first-order valence-electron chi connectivity index (χ1n) is 11.8. The highest BCUT2D eigenvalue weighted by molar-refractivity contribution is 6.00. The van der Waals surface area contributed by atoms with E-state index in [1.807, 2.05) is 6.92 Å². The van der Waals surface area contributed by atoms with Crippen molar-refractivity contribution >= 4 is 34.9 Å². The average Bonchev–Trinajstić information content (AvgIpc) is 3.78. The zero-order valence-electron chi connectivity index (χ0n) is 21.0. The van der Waals surface area contributed by atoms with Crippen molar-refractivity contribution in [1.29, 1.82) is 0 Å². The molecule has 1 saturated carbocycles. The van der Waals surface area contributed by atoms with Crippen LogP contribution in [0.3, 0.4) is 0 Å². The van der Waals surface area contributed by atoms with Crippen LogP contribution in [0.25, 0.3) is 11.4 Å². The molecule has 3 amide bonds. The van der Waals surface area contributed by atoms with Gasteiger partial charge in [0.25, 0.3) is 11.8 Å². The topological polar surface area (TPSA) is 151 Å². The monoisotopic (exact) mass is 504 g/mol. The van der Waals surface area contributed by atoms with Crippen molar-refractivity contribution in [3.05, 3.63) is 47.9 Å². The largest absolute Gasteiger partial charge is 0.494 e. The zero-order chi connectivity index (χ0) is 26.5. The van der Waals surface area contributed by atoms with Crippen molar-refractivity contribution < 1.29 is 19.1 Å². The Morgan fingerprint density at radius 1 is 1.11 bits per heavy atom. The second kappa shape index (κ2) is 11.0. The van der Waals surface area contributed by atoms with E-state index in [1.54, 1.807) is 36.2 Å². The third-order valence-corrected chi connectivity index (χ3v) is 5.88. The normalized spacial score (nSPS) is 12.4. The van der Waals surface area contributed by atoms with E-state index < -0.39 is 5.91 Å². The zero-order valence-corrected chi connectivity index (χ0v) is 21.0. The number of ether oxygens (including phenoxy) is 1. The van der Waals surface area contributed by atoms with E-state index in [2.05, 4.69) is 36.1 Å². The van der Waals surface area contributed by atoms with Gasteiger partial charge < -0.3 is 25.6 Å². The fraction of sp³-hybridized carbons (Fsp3) is 0.320. The SMILES string of the molecule is CCN(C)C(=O)c1cnc(-c2cccc(Nc3cc(NC(=O)C4CC4)nnc3C(=O)NC)c2OC)nc1. The molecule has 0 atom stereocenters. The van der Waals surface area contributed by atoms with Gasteiger partial charge in [-0.25, -0.2) is 9.97 Å². The third-order valence-electron chi connectivity index (χ3n) is 5.88. The maximum Gasteiger partial charge on any atom is 0.273 e. The number of benzene rings is 1. The van der Waals surface area contributed by atoms with E-state index in [0.717, 1.165) is 12.8 Å². The van der Waals surface area contributed by atoms with E-state index in [-0.39, 0.29) is 29.2 Å². The smallest absolute Gasteiger partial charge is 0.273 e. The molecule has 12 nitrogen and oxygen atoms in total. The maximum absolute atomic E-state index is 12.5. The van der Waals surface area contributed by atoms with Gasteiger partial charge in [0.05, 0.1) is 29.6 Å². The van der Waals surface area contributed by atoms with Gasteiger partial charge in [-0.15, -0.1) is 10.2 Å². The van der Waals surface area contributed by atoms with Gasteiger partial charge in [0, 0.05) is 45.0 Å². The molecule has 0 bridgehead atoms. The first kappa shape index (κ1) is 25.5. The summed E-state index contributed by atoms with van der Waals surface area (Å²) in [5.41, 5.74) is 1.81. The third kappa shape index (κ3) is 5.63. The molecule has 3 N–H and O–H groups in total. The Morgan fingerprint density at radius 3 is 2.46 bits per heavy atom. The Hall–Kier alpha value is -4.61. The maximum atomic E-state index is 12.5. The molecule has 192 valence electrons. The lowest BCUT2D eigenvalue weighted by atomic mass is 10.1. The average molecular weight is 505 g/mol. The lowest BCUT2D eigenvalue weighted by Crippen LogP contribution is -2.26. The van der Waals surface area contributed by atoms with Crippen LogP contribution in [0.15, 0.2) is 36.7 Å². The van der Waals surface area contributed by atoms with Gasteiger partial charge in [0.15, 0.2) is 23.1 Å². The minimum absolute atomic E-state index is 0.0161. The molecule has 12 heteroatoms. The van der Waals surface area contributed by atoms with E-state index >= 15 is 0 Å². The Balaban J connectivity index is 1.67. The number of amides is 3. The molecule has 1 fully saturated rings. The molecule has 0 spiro atoms. The van der Waals surface area contributed by atoms with Crippen LogP contribution in [-0.2, 0) is 4.79 Å². The summed E-state index contributed by atoms with van der Waals surface area (Å²) >= 11 is 0. The van der Waals surface area contributed by atoms with Crippen molar-refractivity contribution in [3.63, 3.8) is 0 Å². The second-order valence-electron chi connectivity index (χ2n) is 8.46. The lowest BCUT2D eigenvalue weighted by Gasteiger charge is -2.17. The van der Waals surface area contributed by atoms with Gasteiger partial charge >= 0.3 is 0 Å². The number of hydrogen-bond donors (Lipinski definition) is 3. The number of rotatable bonds is 9. The summed E-state index contributed by atoms with van der Waals surface area (Å²) < 4.78 is 5.67. The van der Waals surface area contributed by atoms with Crippen LogP contribution in [0.1, 0.15) is 40.6 Å². The summed E-state index contributed by atoms with van der Waals surface area (Å²) in [5, 5.41) is 16.5. The lowest BCUT2D eigenvalue weighted by molar-refractivity contribution is -0.117. The number of aromatic nitrogens is 4. The molecule has 0 saturated heterocycles. The highest BCUT2D eigenvalue weighted by Crippen LogP contribution is 2.37. The van der Waals surface area contributed by atoms with Gasteiger partial charge in [-0.05, 0) is 31.9 Å². The standard InChI is InChI=1S/C25H28N8O4/c1-5-33(3)25(36)15-12-27-22(28-13-15)16-7-6-8-17(21(16)37-4)29-18-11-19(30-23(34)14-9-10-14)31-32-20(18)24(35)26-2/h6-8,11-14H,5,9-10H2,1-4H3,(H,26,35)(H2,29,30,31,34). The number of carbonyl (C=O) groups is 3. The summed E-state index contributed by atoms with van der Waals surface area (Å²) in [6, 6.07) is 6.86. The van der Waals surface area contributed by atoms with Gasteiger partial charge in [-0.1, -0.05) is 6.07 Å². The predicted octanol–water partition coefficient (Wildman–Crippen LogP) is 2.49. The Kier molecular flexibility index (Phi) is 7.56. The Bertz CT molecular complexity index is 1320. The molecule has 37 heavy (non-hydrogen) atoms. The van der Waals surface area contributed by atoms with Crippen LogP contribution in [0.5, 0.6) is 5.75 Å². The quantitative estimate of drug-likeness (QED) is 0.399. The molecule has 0 aliphatic heterocycles. The first-order chi connectivity index (χ1) is 17.9. The fourth-order valence-corrected chi connectivity index (χ4v) is 3.53. The molecular formula is C25H28N8O4. The summed E-state index contributed by atoms with van der Waals surface area (Å²) in [6.45, 7) is 2.45. The number of nitrogens with zero attached hydrogens (tertiary/aromatic N) is 5. The molecule has 1 aliphatic rings. The second-order valence-corrected chi connectivity index (χ2v) is 8.46. The number of para-hydroxylation sites is 1. The summed E-state index contributed by atoms with van der Waals surface area (Å²) in [6.07, 6.45) is 4.64. The van der Waals surface area contributed by atoms with Gasteiger partial charge in [0.1, 0.15) is 0 Å². The number of methoxy groups -OCH3 is 1. The molecule has 1 aromatic carbocycles. The Morgan fingerprint density at radius 2 is 1.84 bits per heavy atom. The predicted molar refractivity (Wildman–Crippen MR) is 137 cm³/mol. The molecule has 1 aliphatic carbocycles. The Labute approximate surface area is 213 Å². The van der Waals surface area contributed by atoms with Crippen molar-refractivity contribution in [2.24, 2.45) is 5.92 Å². The number of carbonyl (C=O) groups excluding carboxylic acids is 3. The fourth-order valence-electron chi connectivity index (χ4n) is 3.53. The molecule has 4 rings (SSSR count). The van der Waals surface area contributed by atoms with Crippen LogP contribution < -0.4 is 20.7 Å². The van der Waals surface area contributed by atoms with Crippen LogP contribution >= 0.6 is 0 Å². The van der Waals surface area contributed by atoms with Gasteiger partial charge in [-0.2, -0.15) is 0 Å². The summed E-state index contributed by atoms with van der Waals surface area (Å²) in [7, 11) is 4.70. The first-order valence-corrected chi connectivity index (χ1v) is 11.8. The highest BCUT2D eigenvalue weighted by Gasteiger charge is 2.30. The summed E-state index contributed by atoms with van der Waals surface area (Å²) in [4.78, 5) is 47.4. The van der Waals surface area contributed by atoms with Gasteiger partial charge in [-0.3, -0.25) is 14.4 Å². The van der Waals surface area contributed by atoms with E-state index in [4.69, 9.17) is 4.74 Å². The number of hydrogen-bond acceptors (Lipinski definition) is 9. The molecule has 0 unspecified atom stereocenters. The minimum Gasteiger partial charge on any atom is -0.494 e. The summed E-state index contributed by atoms with van der Waals surface area (Å²) in [5.74, 6) is 0.222. The highest BCUT2D eigenvalue weighted by atomic mass is 16.5. The minimum atomic E-state index is -0.453. The molecule has 2 aromatic heterocycles. The van der Waals surface area contributed by atoms with E-state index in [1.165, 1.54) is 26.6 Å². The van der Waals surface area contributed by atoms with Crippen LogP contribution in [0.4, 0.5) is 17.2 Å². The number of nitrogens with one attached hydrogen (secondary N) is 3. The van der Waals surface area contributed by atoms with Crippen LogP contribution in [-0.4, -0.2) is 70.5 Å². The van der Waals surface area contributed by atoms with Crippen LogP contribution in [0.2, 0.25) is 0 Å². The molecule has 3 aromatic rings. The molecule has 2 heterocycles. The van der Waals surface area contributed by atoms with E-state index in [9.17, 15) is 14.4 Å². The van der Waals surface area contributed by atoms with E-state index in [0.29, 0.717) is 40.6 Å². The van der Waals surface area contributed by atoms with Crippen LogP contribution in [0, 0.1) is 5.92 Å². The van der Waals surface area contributed by atoms with Crippen molar-refractivity contribution in [1.82, 2.24) is 30.4 Å². The van der Waals surface area contributed by atoms with Crippen molar-refractivity contribution in [2.75, 3.05) is 38.4 Å². The molecular weight excluding hydrogens is 476 g/mol. The van der Waals surface area contributed by atoms with Crippen molar-refractivity contribution in [2.45, 2.75) is 19.8 Å². The van der Waals surface area contributed by atoms with Crippen molar-refractivity contribution in [3.8, 4) is 17.1 Å². The number of anilines is 3. The molecule has 0 radical (unpaired) electrons. The van der Waals surface area contributed by atoms with Gasteiger partial charge in [0.2, 0.25) is 5.91 Å².